The van der Waals surface area contributed by atoms with Gasteiger partial charge in [0.05, 0.1) is 23.7 Å². The number of hydrogen-bond donors (Lipinski definition) is 0. The van der Waals surface area contributed by atoms with Crippen LogP contribution in [0, 0.1) is 44.4 Å². The number of carbonyl (C=O) groups is 2. The van der Waals surface area contributed by atoms with E-state index in [0.717, 1.165) is 34.8 Å². The highest BCUT2D eigenvalue weighted by molar-refractivity contribution is 6.06. The van der Waals surface area contributed by atoms with Crippen molar-refractivity contribution in [2.75, 3.05) is 0 Å². The first kappa shape index (κ1) is 19.0. The number of aryl methyl sites for hydroxylation is 3. The second kappa shape index (κ2) is 6.79. The number of rotatable bonds is 4. The third-order valence-electron chi connectivity index (χ3n) is 7.16. The first-order valence-electron chi connectivity index (χ1n) is 10.8. The number of amides is 2. The lowest BCUT2D eigenvalue weighted by Gasteiger charge is -2.17. The van der Waals surface area contributed by atoms with Gasteiger partial charge < -0.3 is 4.57 Å². The van der Waals surface area contributed by atoms with E-state index in [0.29, 0.717) is 0 Å². The highest BCUT2D eigenvalue weighted by atomic mass is 16.2. The molecule has 1 aliphatic heterocycles. The van der Waals surface area contributed by atoms with E-state index in [-0.39, 0.29) is 35.5 Å². The molecular formula is C25H27N3O2. The summed E-state index contributed by atoms with van der Waals surface area (Å²) in [4.78, 5) is 25.7. The zero-order chi connectivity index (χ0) is 21.2. The molecule has 5 heteroatoms. The second-order valence-electron chi connectivity index (χ2n) is 8.83. The van der Waals surface area contributed by atoms with Crippen LogP contribution in [0.2, 0.25) is 0 Å². The molecule has 30 heavy (non-hydrogen) atoms. The van der Waals surface area contributed by atoms with Crippen molar-refractivity contribution in [3.63, 3.8) is 0 Å². The second-order valence-corrected chi connectivity index (χ2v) is 8.83. The van der Waals surface area contributed by atoms with Crippen molar-refractivity contribution < 1.29 is 9.59 Å². The molecule has 2 heterocycles. The van der Waals surface area contributed by atoms with Crippen LogP contribution >= 0.6 is 0 Å². The smallest absolute Gasteiger partial charge is 0.254 e. The van der Waals surface area contributed by atoms with Gasteiger partial charge in [-0.1, -0.05) is 37.3 Å². The summed E-state index contributed by atoms with van der Waals surface area (Å²) in [6.07, 6.45) is 7.76. The van der Waals surface area contributed by atoms with Gasteiger partial charge in [-0.05, 0) is 62.6 Å². The topological polar surface area (TPSA) is 54.7 Å². The summed E-state index contributed by atoms with van der Waals surface area (Å²) >= 11 is 0. The van der Waals surface area contributed by atoms with E-state index in [1.165, 1.54) is 16.8 Å². The molecule has 3 aliphatic rings. The number of para-hydroxylation sites is 1. The van der Waals surface area contributed by atoms with Crippen LogP contribution in [0.3, 0.4) is 0 Å². The molecule has 154 valence electrons. The molecule has 2 fully saturated rings. The number of hydrazone groups is 1. The fraction of sp³-hybridized carbons (Fsp3) is 0.400. The van der Waals surface area contributed by atoms with Gasteiger partial charge in [0.15, 0.2) is 0 Å². The van der Waals surface area contributed by atoms with E-state index in [1.807, 2.05) is 0 Å². The maximum atomic E-state index is 12.9. The molecule has 2 bridgehead atoms. The fourth-order valence-electron chi connectivity index (χ4n) is 5.71. The van der Waals surface area contributed by atoms with Crippen LogP contribution in [0.15, 0.2) is 41.5 Å². The minimum atomic E-state index is -0.212. The molecule has 1 saturated carbocycles. The maximum Gasteiger partial charge on any atom is 0.254 e. The molecule has 1 saturated heterocycles. The van der Waals surface area contributed by atoms with Gasteiger partial charge in [0, 0.05) is 17.0 Å². The number of aromatic nitrogens is 1. The van der Waals surface area contributed by atoms with Crippen LogP contribution in [0.5, 0.6) is 0 Å². The third-order valence-corrected chi connectivity index (χ3v) is 7.16. The number of hydrogen-bond acceptors (Lipinski definition) is 3. The van der Waals surface area contributed by atoms with Crippen LogP contribution in [0.4, 0.5) is 0 Å². The van der Waals surface area contributed by atoms with Gasteiger partial charge in [-0.2, -0.15) is 10.1 Å². The molecule has 0 spiro atoms. The van der Waals surface area contributed by atoms with E-state index in [4.69, 9.17) is 0 Å². The minimum absolute atomic E-state index is 0.140. The number of allylic oxidation sites excluding steroid dienone is 2. The molecular weight excluding hydrogens is 374 g/mol. The Balaban J connectivity index is 1.48. The van der Waals surface area contributed by atoms with Crippen molar-refractivity contribution >= 4 is 18.0 Å². The first-order chi connectivity index (χ1) is 14.4. The number of carbonyl (C=O) groups excluding carboxylic acids is 2. The Hall–Kier alpha value is -2.95. The molecule has 0 N–H and O–H groups in total. The normalized spacial score (nSPS) is 27.1. The third kappa shape index (κ3) is 2.57. The lowest BCUT2D eigenvalue weighted by atomic mass is 9.85. The molecule has 1 aromatic carbocycles. The molecule has 5 rings (SSSR count). The number of fused-ring (bicyclic) bond motifs is 5. The van der Waals surface area contributed by atoms with Crippen LogP contribution in [-0.2, 0) is 16.0 Å². The molecule has 0 radical (unpaired) electrons. The van der Waals surface area contributed by atoms with Gasteiger partial charge >= 0.3 is 0 Å². The quantitative estimate of drug-likeness (QED) is 0.440. The molecule has 2 amide bonds. The fourth-order valence-corrected chi connectivity index (χ4v) is 5.71. The highest BCUT2D eigenvalue weighted by Crippen LogP contribution is 2.52. The summed E-state index contributed by atoms with van der Waals surface area (Å²) in [6, 6.07) is 8.46. The summed E-state index contributed by atoms with van der Waals surface area (Å²) in [5.74, 6) is -0.295. The van der Waals surface area contributed by atoms with Gasteiger partial charge in [-0.25, -0.2) is 0 Å². The van der Waals surface area contributed by atoms with Crippen molar-refractivity contribution in [1.82, 2.24) is 9.58 Å². The van der Waals surface area contributed by atoms with Gasteiger partial charge in [0.2, 0.25) is 0 Å². The van der Waals surface area contributed by atoms with Gasteiger partial charge in [-0.3, -0.25) is 9.59 Å². The summed E-state index contributed by atoms with van der Waals surface area (Å²) in [7, 11) is 0. The molecule has 4 unspecified atom stereocenters. The van der Waals surface area contributed by atoms with E-state index < -0.39 is 0 Å². The van der Waals surface area contributed by atoms with E-state index in [2.05, 4.69) is 73.8 Å². The summed E-state index contributed by atoms with van der Waals surface area (Å²) in [5, 5.41) is 5.50. The summed E-state index contributed by atoms with van der Waals surface area (Å²) < 4.78 is 2.25. The maximum absolute atomic E-state index is 12.9. The zero-order valence-corrected chi connectivity index (χ0v) is 17.9. The summed E-state index contributed by atoms with van der Waals surface area (Å²) in [6.45, 7) is 8.44. The average molecular weight is 402 g/mol. The van der Waals surface area contributed by atoms with Crippen LogP contribution < -0.4 is 0 Å². The molecule has 1 aromatic heterocycles. The molecule has 4 atom stereocenters. The predicted molar refractivity (Wildman–Crippen MR) is 117 cm³/mol. The van der Waals surface area contributed by atoms with Gasteiger partial charge in [0.1, 0.15) is 0 Å². The van der Waals surface area contributed by atoms with Gasteiger partial charge in [0.25, 0.3) is 11.8 Å². The first-order valence-corrected chi connectivity index (χ1v) is 10.8. The lowest BCUT2D eigenvalue weighted by Crippen LogP contribution is -2.28. The van der Waals surface area contributed by atoms with E-state index >= 15 is 0 Å². The van der Waals surface area contributed by atoms with Crippen molar-refractivity contribution in [2.24, 2.45) is 28.8 Å². The summed E-state index contributed by atoms with van der Waals surface area (Å²) in [5.41, 5.74) is 6.82. The SMILES string of the molecule is CCc1cccc(C)c1-n1c(C)cc(C=NN2C(=O)C3C4C=CC(C4)C3C2=O)c1C. The molecule has 2 aliphatic carbocycles. The van der Waals surface area contributed by atoms with Crippen molar-refractivity contribution in [3.05, 3.63) is 64.5 Å². The van der Waals surface area contributed by atoms with Crippen LogP contribution in [0.25, 0.3) is 5.69 Å². The van der Waals surface area contributed by atoms with E-state index in [9.17, 15) is 9.59 Å². The molecule has 5 nitrogen and oxygen atoms in total. The minimum Gasteiger partial charge on any atom is -0.317 e. The largest absolute Gasteiger partial charge is 0.317 e. The van der Waals surface area contributed by atoms with Crippen molar-refractivity contribution in [2.45, 2.75) is 40.5 Å². The predicted octanol–water partition coefficient (Wildman–Crippen LogP) is 4.11. The molecule has 2 aromatic rings. The Morgan fingerprint density at radius 1 is 1.07 bits per heavy atom. The van der Waals surface area contributed by atoms with Gasteiger partial charge in [-0.15, -0.1) is 0 Å². The average Bonchev–Trinajstić information content (AvgIpc) is 3.46. The zero-order valence-electron chi connectivity index (χ0n) is 17.9. The lowest BCUT2D eigenvalue weighted by molar-refractivity contribution is -0.140. The number of nitrogens with zero attached hydrogens (tertiary/aromatic N) is 3. The Labute approximate surface area is 177 Å². The number of benzene rings is 1. The Morgan fingerprint density at radius 3 is 2.37 bits per heavy atom. The van der Waals surface area contributed by atoms with E-state index in [1.54, 1.807) is 6.21 Å². The van der Waals surface area contributed by atoms with Crippen LogP contribution in [0.1, 0.15) is 41.4 Å². The Bertz CT molecular complexity index is 1090. The van der Waals surface area contributed by atoms with Crippen LogP contribution in [-0.4, -0.2) is 27.6 Å². The van der Waals surface area contributed by atoms with Crippen molar-refractivity contribution in [3.8, 4) is 5.69 Å². The van der Waals surface area contributed by atoms with Crippen molar-refractivity contribution in [1.29, 1.82) is 0 Å². The Kier molecular flexibility index (Phi) is 4.31. The Morgan fingerprint density at radius 2 is 1.73 bits per heavy atom. The standard InChI is InChI=1S/C25H27N3O2/c1-5-17-8-6-7-14(2)23(17)27-15(3)11-20(16(27)4)13-26-28-24(29)21-18-9-10-19(12-18)22(21)25(28)30/h6-11,13,18-19,21-22H,5,12H2,1-4H3. The highest BCUT2D eigenvalue weighted by Gasteiger charge is 2.59. The number of imide groups is 1. The monoisotopic (exact) mass is 401 g/mol.